The summed E-state index contributed by atoms with van der Waals surface area (Å²) in [5.41, 5.74) is 1.84. The van der Waals surface area contributed by atoms with Gasteiger partial charge in [-0.3, -0.25) is 19.8 Å². The minimum absolute atomic E-state index is 0.0360. The van der Waals surface area contributed by atoms with E-state index in [4.69, 9.17) is 0 Å². The first kappa shape index (κ1) is 12.0. The lowest BCUT2D eigenvalue weighted by molar-refractivity contribution is -0.384. The van der Waals surface area contributed by atoms with Crippen LogP contribution in [0.15, 0.2) is 24.5 Å². The maximum absolute atomic E-state index is 10.8. The number of nitrogens with one attached hydrogen (secondary N) is 1. The van der Waals surface area contributed by atoms with Crippen LogP contribution in [0.2, 0.25) is 0 Å². The third-order valence-corrected chi connectivity index (χ3v) is 2.55. The molecule has 0 aliphatic carbocycles. The average Bonchev–Trinajstić information content (AvgIpc) is 2.70. The fourth-order valence-electron chi connectivity index (χ4n) is 1.61. The summed E-state index contributed by atoms with van der Waals surface area (Å²) >= 11 is 0. The Labute approximate surface area is 104 Å². The van der Waals surface area contributed by atoms with Gasteiger partial charge in [0, 0.05) is 13.2 Å². The molecule has 7 nitrogen and oxygen atoms in total. The molecular weight excluding hydrogens is 234 g/mol. The highest BCUT2D eigenvalue weighted by atomic mass is 16.6. The zero-order valence-corrected chi connectivity index (χ0v) is 10.1. The second-order valence-corrected chi connectivity index (χ2v) is 3.91. The van der Waals surface area contributed by atoms with Crippen LogP contribution in [-0.4, -0.2) is 19.7 Å². The Balaban J connectivity index is 2.16. The van der Waals surface area contributed by atoms with Gasteiger partial charge < -0.3 is 5.32 Å². The molecule has 2 aromatic heterocycles. The number of rotatable bonds is 4. The fraction of sp³-hybridized carbons (Fsp3) is 0.273. The van der Waals surface area contributed by atoms with Gasteiger partial charge in [0.25, 0.3) is 0 Å². The topological polar surface area (TPSA) is 85.9 Å². The predicted octanol–water partition coefficient (Wildman–Crippen LogP) is 1.64. The van der Waals surface area contributed by atoms with Crippen molar-refractivity contribution >= 4 is 11.5 Å². The molecule has 0 saturated carbocycles. The molecule has 2 rings (SSSR count). The molecule has 0 atom stereocenters. The Morgan fingerprint density at radius 1 is 1.56 bits per heavy atom. The number of hydrogen-bond donors (Lipinski definition) is 1. The van der Waals surface area contributed by atoms with Crippen LogP contribution in [0.4, 0.5) is 11.5 Å². The molecule has 0 bridgehead atoms. The summed E-state index contributed by atoms with van der Waals surface area (Å²) in [6.07, 6.45) is 3.06. The quantitative estimate of drug-likeness (QED) is 0.655. The SMILES string of the molecule is Cc1cccnc1CNc1nn(C)cc1[N+](=O)[O-]. The van der Waals surface area contributed by atoms with Crippen LogP contribution in [0.5, 0.6) is 0 Å². The van der Waals surface area contributed by atoms with Gasteiger partial charge in [-0.1, -0.05) is 6.07 Å². The first-order valence-electron chi connectivity index (χ1n) is 5.40. The summed E-state index contributed by atoms with van der Waals surface area (Å²) in [7, 11) is 1.64. The van der Waals surface area contributed by atoms with E-state index in [9.17, 15) is 10.1 Å². The number of anilines is 1. The molecule has 0 spiro atoms. The normalized spacial score (nSPS) is 10.3. The van der Waals surface area contributed by atoms with E-state index >= 15 is 0 Å². The molecule has 18 heavy (non-hydrogen) atoms. The van der Waals surface area contributed by atoms with Crippen LogP contribution in [0.3, 0.4) is 0 Å². The molecule has 0 fully saturated rings. The van der Waals surface area contributed by atoms with Crippen molar-refractivity contribution in [3.05, 3.63) is 45.9 Å². The van der Waals surface area contributed by atoms with Crippen LogP contribution in [-0.2, 0) is 13.6 Å². The van der Waals surface area contributed by atoms with Gasteiger partial charge in [-0.15, -0.1) is 5.10 Å². The van der Waals surface area contributed by atoms with E-state index < -0.39 is 4.92 Å². The lowest BCUT2D eigenvalue weighted by Gasteiger charge is -2.04. The zero-order chi connectivity index (χ0) is 13.1. The van der Waals surface area contributed by atoms with Gasteiger partial charge in [-0.25, -0.2) is 0 Å². The van der Waals surface area contributed by atoms with Crippen LogP contribution in [0.25, 0.3) is 0 Å². The largest absolute Gasteiger partial charge is 0.357 e. The average molecular weight is 247 g/mol. The summed E-state index contributed by atoms with van der Waals surface area (Å²) in [6, 6.07) is 3.79. The molecule has 0 saturated heterocycles. The van der Waals surface area contributed by atoms with E-state index in [-0.39, 0.29) is 11.5 Å². The number of hydrogen-bond acceptors (Lipinski definition) is 5. The van der Waals surface area contributed by atoms with E-state index in [2.05, 4.69) is 15.4 Å². The summed E-state index contributed by atoms with van der Waals surface area (Å²) in [6.45, 7) is 2.35. The number of pyridine rings is 1. The number of nitrogens with zero attached hydrogens (tertiary/aromatic N) is 4. The Hall–Kier alpha value is -2.44. The molecule has 0 unspecified atom stereocenters. The maximum Gasteiger partial charge on any atom is 0.330 e. The first-order valence-corrected chi connectivity index (χ1v) is 5.40. The fourth-order valence-corrected chi connectivity index (χ4v) is 1.61. The molecule has 94 valence electrons. The number of aryl methyl sites for hydroxylation is 2. The Morgan fingerprint density at radius 2 is 2.33 bits per heavy atom. The molecule has 1 N–H and O–H groups in total. The van der Waals surface area contributed by atoms with Crippen molar-refractivity contribution in [2.75, 3.05) is 5.32 Å². The van der Waals surface area contributed by atoms with Gasteiger partial charge in [0.15, 0.2) is 0 Å². The molecule has 0 aromatic carbocycles. The Kier molecular flexibility index (Phi) is 3.22. The highest BCUT2D eigenvalue weighted by Gasteiger charge is 2.18. The van der Waals surface area contributed by atoms with Gasteiger partial charge in [0.2, 0.25) is 5.82 Å². The zero-order valence-electron chi connectivity index (χ0n) is 10.1. The van der Waals surface area contributed by atoms with Crippen molar-refractivity contribution in [3.8, 4) is 0 Å². The second-order valence-electron chi connectivity index (χ2n) is 3.91. The summed E-state index contributed by atoms with van der Waals surface area (Å²) in [4.78, 5) is 14.6. The van der Waals surface area contributed by atoms with Crippen LogP contribution >= 0.6 is 0 Å². The number of nitro groups is 1. The van der Waals surface area contributed by atoms with Gasteiger partial charge in [0.05, 0.1) is 17.2 Å². The third-order valence-electron chi connectivity index (χ3n) is 2.55. The van der Waals surface area contributed by atoms with Gasteiger partial charge in [0.1, 0.15) is 6.20 Å². The molecule has 2 aromatic rings. The summed E-state index contributed by atoms with van der Waals surface area (Å²) in [5, 5.41) is 17.8. The highest BCUT2D eigenvalue weighted by molar-refractivity contribution is 5.54. The Bertz CT molecular complexity index is 579. The van der Waals surface area contributed by atoms with E-state index in [1.165, 1.54) is 10.9 Å². The van der Waals surface area contributed by atoms with Crippen LogP contribution in [0, 0.1) is 17.0 Å². The molecule has 0 aliphatic rings. The molecule has 0 radical (unpaired) electrons. The van der Waals surface area contributed by atoms with E-state index in [1.54, 1.807) is 13.2 Å². The first-order chi connectivity index (χ1) is 8.58. The predicted molar refractivity (Wildman–Crippen MR) is 66.2 cm³/mol. The van der Waals surface area contributed by atoms with Gasteiger partial charge >= 0.3 is 5.69 Å². The number of aromatic nitrogens is 3. The second kappa shape index (κ2) is 4.82. The molecule has 2 heterocycles. The smallest absolute Gasteiger partial charge is 0.330 e. The third kappa shape index (κ3) is 2.45. The minimum Gasteiger partial charge on any atom is -0.357 e. The van der Waals surface area contributed by atoms with Crippen molar-refractivity contribution in [3.63, 3.8) is 0 Å². The van der Waals surface area contributed by atoms with Crippen LogP contribution < -0.4 is 5.32 Å². The Morgan fingerprint density at radius 3 is 3.00 bits per heavy atom. The van der Waals surface area contributed by atoms with Crippen molar-refractivity contribution in [1.29, 1.82) is 0 Å². The van der Waals surface area contributed by atoms with Crippen molar-refractivity contribution in [2.24, 2.45) is 7.05 Å². The molecule has 7 heteroatoms. The van der Waals surface area contributed by atoms with E-state index in [0.29, 0.717) is 6.54 Å². The van der Waals surface area contributed by atoms with E-state index in [1.807, 2.05) is 19.1 Å². The van der Waals surface area contributed by atoms with Crippen molar-refractivity contribution in [1.82, 2.24) is 14.8 Å². The van der Waals surface area contributed by atoms with Crippen molar-refractivity contribution < 1.29 is 4.92 Å². The lowest BCUT2D eigenvalue weighted by Crippen LogP contribution is -2.05. The summed E-state index contributed by atoms with van der Waals surface area (Å²) in [5.74, 6) is 0.257. The maximum atomic E-state index is 10.8. The summed E-state index contributed by atoms with van der Waals surface area (Å²) < 4.78 is 1.41. The minimum atomic E-state index is -0.458. The lowest BCUT2D eigenvalue weighted by atomic mass is 10.2. The standard InChI is InChI=1S/C11H13N5O2/c1-8-4-3-5-12-9(8)6-13-11-10(16(17)18)7-15(2)14-11/h3-5,7H,6H2,1-2H3,(H,13,14). The van der Waals surface area contributed by atoms with Gasteiger partial charge in [-0.2, -0.15) is 0 Å². The van der Waals surface area contributed by atoms with Crippen molar-refractivity contribution in [2.45, 2.75) is 13.5 Å². The molecule has 0 amide bonds. The van der Waals surface area contributed by atoms with Gasteiger partial charge in [-0.05, 0) is 18.6 Å². The van der Waals surface area contributed by atoms with E-state index in [0.717, 1.165) is 11.3 Å². The van der Waals surface area contributed by atoms with Crippen LogP contribution in [0.1, 0.15) is 11.3 Å². The highest BCUT2D eigenvalue weighted by Crippen LogP contribution is 2.22. The molecular formula is C11H13N5O2. The monoisotopic (exact) mass is 247 g/mol. The molecule has 0 aliphatic heterocycles.